The highest BCUT2D eigenvalue weighted by atomic mass is 16.6. The molecule has 2 fully saturated rings. The van der Waals surface area contributed by atoms with Crippen LogP contribution in [0.3, 0.4) is 0 Å². The average molecular weight is 268 g/mol. The molecule has 1 saturated heterocycles. The van der Waals surface area contributed by atoms with E-state index in [-0.39, 0.29) is 24.3 Å². The predicted octanol–water partition coefficient (Wildman–Crippen LogP) is 2.47. The Bertz CT molecular complexity index is 408. The Morgan fingerprint density at radius 2 is 2.26 bits per heavy atom. The lowest BCUT2D eigenvalue weighted by Crippen LogP contribution is -2.55. The van der Waals surface area contributed by atoms with Gasteiger partial charge in [0.2, 0.25) is 0 Å². The Hall–Kier alpha value is -1.46. The highest BCUT2D eigenvalue weighted by molar-refractivity contribution is 5.70. The molecule has 1 atom stereocenters. The maximum Gasteiger partial charge on any atom is 0.410 e. The molecule has 0 N–H and O–H groups in total. The molecule has 19 heavy (non-hydrogen) atoms. The van der Waals surface area contributed by atoms with Crippen LogP contribution < -0.4 is 0 Å². The minimum atomic E-state index is -0.508. The summed E-state index contributed by atoms with van der Waals surface area (Å²) in [5.74, 6) is 0. The average Bonchev–Trinajstić information content (AvgIpc) is 3.06. The summed E-state index contributed by atoms with van der Waals surface area (Å²) in [6.45, 7) is 6.71. The van der Waals surface area contributed by atoms with Crippen LogP contribution in [0.2, 0.25) is 0 Å². The van der Waals surface area contributed by atoms with Crippen molar-refractivity contribution in [3.63, 3.8) is 0 Å². The topological polar surface area (TPSA) is 87.5 Å². The van der Waals surface area contributed by atoms with E-state index < -0.39 is 5.60 Å². The monoisotopic (exact) mass is 268 g/mol. The first-order chi connectivity index (χ1) is 8.86. The van der Waals surface area contributed by atoms with Gasteiger partial charge in [0.1, 0.15) is 5.60 Å². The van der Waals surface area contributed by atoms with Gasteiger partial charge in [0.05, 0.1) is 31.3 Å². The van der Waals surface area contributed by atoms with Crippen LogP contribution in [0.4, 0.5) is 4.79 Å². The molecule has 1 heterocycles. The highest BCUT2D eigenvalue weighted by Crippen LogP contribution is 2.45. The second kappa shape index (κ2) is 4.90. The molecule has 1 saturated carbocycles. The normalized spacial score (nSPS) is 24.8. The maximum atomic E-state index is 12.2. The summed E-state index contributed by atoms with van der Waals surface area (Å²) in [5.41, 5.74) is 7.64. The molecule has 1 amide bonds. The Morgan fingerprint density at radius 1 is 1.58 bits per heavy atom. The standard InChI is InChI=1S/C12H20N4O3/c1-11(2,3)19-10(17)16-7-9(6-14-15-13)18-8-12(16)4-5-12/h9H,4-8H2,1-3H3. The zero-order valence-electron chi connectivity index (χ0n) is 11.6. The van der Waals surface area contributed by atoms with Crippen molar-refractivity contribution >= 4 is 6.09 Å². The molecule has 7 heteroatoms. The Kier molecular flexibility index (Phi) is 3.60. The van der Waals surface area contributed by atoms with Gasteiger partial charge < -0.3 is 9.47 Å². The van der Waals surface area contributed by atoms with Gasteiger partial charge in [-0.1, -0.05) is 5.11 Å². The molecule has 106 valence electrons. The van der Waals surface area contributed by atoms with Crippen LogP contribution in [0.25, 0.3) is 10.4 Å². The molecule has 1 aliphatic carbocycles. The SMILES string of the molecule is CC(C)(C)OC(=O)N1CC(CN=[N+]=[N-])OCC12CC2. The van der Waals surface area contributed by atoms with E-state index in [1.54, 1.807) is 4.90 Å². The predicted molar refractivity (Wildman–Crippen MR) is 68.7 cm³/mol. The molecular formula is C12H20N4O3. The third kappa shape index (κ3) is 3.30. The summed E-state index contributed by atoms with van der Waals surface area (Å²) >= 11 is 0. The molecule has 0 bridgehead atoms. The Morgan fingerprint density at radius 3 is 2.79 bits per heavy atom. The van der Waals surface area contributed by atoms with E-state index in [0.29, 0.717) is 13.2 Å². The fraction of sp³-hybridized carbons (Fsp3) is 0.917. The van der Waals surface area contributed by atoms with Crippen molar-refractivity contribution in [2.45, 2.75) is 50.9 Å². The van der Waals surface area contributed by atoms with Crippen molar-refractivity contribution in [2.24, 2.45) is 5.11 Å². The van der Waals surface area contributed by atoms with Gasteiger partial charge in [0.25, 0.3) is 0 Å². The van der Waals surface area contributed by atoms with Gasteiger partial charge in [-0.25, -0.2) is 4.79 Å². The van der Waals surface area contributed by atoms with Gasteiger partial charge in [0, 0.05) is 4.91 Å². The van der Waals surface area contributed by atoms with Crippen molar-refractivity contribution in [3.05, 3.63) is 10.4 Å². The number of carbonyl (C=O) groups excluding carboxylic acids is 1. The van der Waals surface area contributed by atoms with Crippen molar-refractivity contribution in [3.8, 4) is 0 Å². The van der Waals surface area contributed by atoms with Crippen LogP contribution in [0.5, 0.6) is 0 Å². The largest absolute Gasteiger partial charge is 0.444 e. The van der Waals surface area contributed by atoms with Crippen molar-refractivity contribution in [1.82, 2.24) is 4.90 Å². The summed E-state index contributed by atoms with van der Waals surface area (Å²) in [6.07, 6.45) is 1.34. The van der Waals surface area contributed by atoms with Gasteiger partial charge >= 0.3 is 6.09 Å². The Balaban J connectivity index is 2.02. The summed E-state index contributed by atoms with van der Waals surface area (Å²) in [6, 6.07) is 0. The van der Waals surface area contributed by atoms with E-state index in [1.165, 1.54) is 0 Å². The van der Waals surface area contributed by atoms with E-state index in [4.69, 9.17) is 15.0 Å². The van der Waals surface area contributed by atoms with Gasteiger partial charge in [-0.2, -0.15) is 0 Å². The fourth-order valence-corrected chi connectivity index (χ4v) is 2.18. The molecule has 0 aromatic rings. The molecule has 0 radical (unpaired) electrons. The number of hydrogen-bond donors (Lipinski definition) is 0. The zero-order valence-corrected chi connectivity index (χ0v) is 11.6. The number of nitrogens with zero attached hydrogens (tertiary/aromatic N) is 4. The number of azide groups is 1. The van der Waals surface area contributed by atoms with E-state index in [9.17, 15) is 4.79 Å². The van der Waals surface area contributed by atoms with Crippen LogP contribution >= 0.6 is 0 Å². The fourth-order valence-electron chi connectivity index (χ4n) is 2.18. The number of morpholine rings is 1. The summed E-state index contributed by atoms with van der Waals surface area (Å²) in [7, 11) is 0. The Labute approximate surface area is 112 Å². The first kappa shape index (κ1) is 14.0. The first-order valence-electron chi connectivity index (χ1n) is 6.49. The quantitative estimate of drug-likeness (QED) is 0.438. The highest BCUT2D eigenvalue weighted by Gasteiger charge is 2.54. The van der Waals surface area contributed by atoms with E-state index in [1.807, 2.05) is 20.8 Å². The molecule has 2 rings (SSSR count). The van der Waals surface area contributed by atoms with Gasteiger partial charge in [-0.15, -0.1) is 0 Å². The lowest BCUT2D eigenvalue weighted by molar-refractivity contribution is -0.0747. The van der Waals surface area contributed by atoms with Crippen LogP contribution in [-0.4, -0.2) is 47.9 Å². The van der Waals surface area contributed by atoms with Crippen molar-refractivity contribution in [2.75, 3.05) is 19.7 Å². The van der Waals surface area contributed by atoms with Crippen LogP contribution in [0.1, 0.15) is 33.6 Å². The molecule has 1 unspecified atom stereocenters. The van der Waals surface area contributed by atoms with Crippen molar-refractivity contribution in [1.29, 1.82) is 0 Å². The van der Waals surface area contributed by atoms with Gasteiger partial charge in [-0.3, -0.25) is 4.90 Å². The summed E-state index contributed by atoms with van der Waals surface area (Å²) in [4.78, 5) is 16.7. The summed E-state index contributed by atoms with van der Waals surface area (Å²) in [5, 5.41) is 3.51. The van der Waals surface area contributed by atoms with Crippen LogP contribution in [-0.2, 0) is 9.47 Å². The second-order valence-corrected chi connectivity index (χ2v) is 6.16. The molecule has 2 aliphatic rings. The number of hydrogen-bond acceptors (Lipinski definition) is 4. The second-order valence-electron chi connectivity index (χ2n) is 6.16. The molecule has 0 aromatic heterocycles. The molecular weight excluding hydrogens is 248 g/mol. The number of ether oxygens (including phenoxy) is 2. The zero-order chi connectivity index (χ0) is 14.1. The van der Waals surface area contributed by atoms with Crippen molar-refractivity contribution < 1.29 is 14.3 Å². The minimum absolute atomic E-state index is 0.185. The van der Waals surface area contributed by atoms with Gasteiger partial charge in [-0.05, 0) is 39.1 Å². The lowest BCUT2D eigenvalue weighted by atomic mass is 10.1. The third-order valence-corrected chi connectivity index (χ3v) is 3.34. The van der Waals surface area contributed by atoms with E-state index in [2.05, 4.69) is 10.0 Å². The van der Waals surface area contributed by atoms with E-state index >= 15 is 0 Å². The minimum Gasteiger partial charge on any atom is -0.444 e. The number of carbonyl (C=O) groups is 1. The summed E-state index contributed by atoms with van der Waals surface area (Å²) < 4.78 is 11.1. The first-order valence-corrected chi connectivity index (χ1v) is 6.49. The van der Waals surface area contributed by atoms with Crippen LogP contribution in [0.15, 0.2) is 5.11 Å². The van der Waals surface area contributed by atoms with E-state index in [0.717, 1.165) is 12.8 Å². The molecule has 0 aromatic carbocycles. The lowest BCUT2D eigenvalue weighted by Gasteiger charge is -2.40. The number of amides is 1. The maximum absolute atomic E-state index is 12.2. The molecule has 1 aliphatic heterocycles. The third-order valence-electron chi connectivity index (χ3n) is 3.34. The molecule has 7 nitrogen and oxygen atoms in total. The molecule has 1 spiro atoms. The van der Waals surface area contributed by atoms with Crippen LogP contribution in [0, 0.1) is 0 Å². The smallest absolute Gasteiger partial charge is 0.410 e. The number of rotatable bonds is 2. The van der Waals surface area contributed by atoms with Gasteiger partial charge in [0.15, 0.2) is 0 Å².